The van der Waals surface area contributed by atoms with Gasteiger partial charge >= 0.3 is 0 Å². The Balaban J connectivity index is 1.55. The molecule has 3 aliphatic rings. The first-order chi connectivity index (χ1) is 11.1. The van der Waals surface area contributed by atoms with Crippen molar-refractivity contribution in [1.29, 1.82) is 0 Å². The highest BCUT2D eigenvalue weighted by Gasteiger charge is 2.55. The number of H-pyrrole nitrogens is 1. The standard InChI is InChI=1S/C19H28N2O2/c1-13(2)17-19(7-4-3-5-8-19)12-21(17)18(22)16-10-14-11-23-9-6-15(14)20-16/h10,13,17,20H,3-9,11-12H2,1-2H3. The average molecular weight is 316 g/mol. The Bertz CT molecular complexity index is 575. The molecule has 0 aromatic carbocycles. The second kappa shape index (κ2) is 5.66. The summed E-state index contributed by atoms with van der Waals surface area (Å²) in [5, 5.41) is 0. The summed E-state index contributed by atoms with van der Waals surface area (Å²) >= 11 is 0. The van der Waals surface area contributed by atoms with Crippen molar-refractivity contribution < 1.29 is 9.53 Å². The van der Waals surface area contributed by atoms with Crippen molar-refractivity contribution in [3.8, 4) is 0 Å². The molecule has 4 nitrogen and oxygen atoms in total. The van der Waals surface area contributed by atoms with Crippen LogP contribution in [0.3, 0.4) is 0 Å². The molecule has 1 spiro atoms. The SMILES string of the molecule is CC(C)C1N(C(=O)c2cc3c([nH]2)CCOC3)CC12CCCCC2. The lowest BCUT2D eigenvalue weighted by atomic mass is 9.59. The summed E-state index contributed by atoms with van der Waals surface area (Å²) in [5.41, 5.74) is 3.51. The Labute approximate surface area is 138 Å². The van der Waals surface area contributed by atoms with Crippen LogP contribution in [0.2, 0.25) is 0 Å². The van der Waals surface area contributed by atoms with E-state index in [2.05, 4.69) is 23.7 Å². The minimum Gasteiger partial charge on any atom is -0.376 e. The maximum absolute atomic E-state index is 13.0. The summed E-state index contributed by atoms with van der Waals surface area (Å²) in [7, 11) is 0. The summed E-state index contributed by atoms with van der Waals surface area (Å²) in [5.74, 6) is 0.716. The lowest BCUT2D eigenvalue weighted by molar-refractivity contribution is -0.0944. The average Bonchev–Trinajstić information content (AvgIpc) is 2.96. The van der Waals surface area contributed by atoms with Gasteiger partial charge in [-0.3, -0.25) is 4.79 Å². The number of ether oxygens (including phenoxy) is 1. The molecule has 23 heavy (non-hydrogen) atoms. The van der Waals surface area contributed by atoms with Gasteiger partial charge in [-0.25, -0.2) is 0 Å². The van der Waals surface area contributed by atoms with Gasteiger partial charge in [0.2, 0.25) is 0 Å². The molecule has 1 aromatic heterocycles. The van der Waals surface area contributed by atoms with Crippen LogP contribution in [0.4, 0.5) is 0 Å². The quantitative estimate of drug-likeness (QED) is 0.907. The zero-order chi connectivity index (χ0) is 16.0. The van der Waals surface area contributed by atoms with Gasteiger partial charge in [-0.15, -0.1) is 0 Å². The van der Waals surface area contributed by atoms with E-state index < -0.39 is 0 Å². The molecule has 126 valence electrons. The molecule has 1 N–H and O–H groups in total. The largest absolute Gasteiger partial charge is 0.376 e. The molecule has 4 heteroatoms. The number of nitrogens with zero attached hydrogens (tertiary/aromatic N) is 1. The van der Waals surface area contributed by atoms with Crippen molar-refractivity contribution in [2.75, 3.05) is 13.2 Å². The van der Waals surface area contributed by atoms with Crippen LogP contribution in [0.15, 0.2) is 6.07 Å². The highest BCUT2D eigenvalue weighted by Crippen LogP contribution is 2.51. The molecule has 3 heterocycles. The Hall–Kier alpha value is -1.29. The Morgan fingerprint density at radius 2 is 2.13 bits per heavy atom. The van der Waals surface area contributed by atoms with E-state index in [1.165, 1.54) is 37.8 Å². The number of likely N-dealkylation sites (tertiary alicyclic amines) is 1. The summed E-state index contributed by atoms with van der Waals surface area (Å²) in [4.78, 5) is 18.5. The van der Waals surface area contributed by atoms with Gasteiger partial charge in [0.1, 0.15) is 5.69 Å². The highest BCUT2D eigenvalue weighted by molar-refractivity contribution is 5.94. The number of carbonyl (C=O) groups is 1. The molecule has 2 aliphatic heterocycles. The minimum absolute atomic E-state index is 0.189. The van der Waals surface area contributed by atoms with Crippen LogP contribution in [-0.2, 0) is 17.8 Å². The maximum atomic E-state index is 13.0. The number of aromatic nitrogens is 1. The molecule has 1 atom stereocenters. The number of carbonyl (C=O) groups excluding carboxylic acids is 1. The molecule has 1 aromatic rings. The molecule has 1 saturated heterocycles. The maximum Gasteiger partial charge on any atom is 0.270 e. The molecular formula is C19H28N2O2. The number of fused-ring (bicyclic) bond motifs is 1. The second-order valence-electron chi connectivity index (χ2n) is 8.03. The fourth-order valence-corrected chi connectivity index (χ4v) is 5.24. The Morgan fingerprint density at radius 3 is 2.83 bits per heavy atom. The van der Waals surface area contributed by atoms with Gasteiger partial charge in [-0.2, -0.15) is 0 Å². The first kappa shape index (κ1) is 15.3. The topological polar surface area (TPSA) is 45.3 Å². The van der Waals surface area contributed by atoms with Gasteiger partial charge in [0, 0.05) is 30.1 Å². The number of hydrogen-bond donors (Lipinski definition) is 1. The van der Waals surface area contributed by atoms with E-state index in [-0.39, 0.29) is 5.91 Å². The monoisotopic (exact) mass is 316 g/mol. The third-order valence-corrected chi connectivity index (χ3v) is 6.17. The molecule has 1 amide bonds. The fraction of sp³-hybridized carbons (Fsp3) is 0.737. The molecule has 1 unspecified atom stereocenters. The van der Waals surface area contributed by atoms with Gasteiger partial charge in [0.25, 0.3) is 5.91 Å². The smallest absolute Gasteiger partial charge is 0.270 e. The predicted molar refractivity (Wildman–Crippen MR) is 89.3 cm³/mol. The van der Waals surface area contributed by atoms with Crippen molar-refractivity contribution in [2.45, 2.75) is 65.0 Å². The highest BCUT2D eigenvalue weighted by atomic mass is 16.5. The second-order valence-corrected chi connectivity index (χ2v) is 8.03. The number of amides is 1. The third kappa shape index (κ3) is 2.42. The zero-order valence-corrected chi connectivity index (χ0v) is 14.4. The van der Waals surface area contributed by atoms with E-state index in [0.717, 1.165) is 30.8 Å². The van der Waals surface area contributed by atoms with Crippen LogP contribution >= 0.6 is 0 Å². The summed E-state index contributed by atoms with van der Waals surface area (Å²) < 4.78 is 5.49. The minimum atomic E-state index is 0.189. The van der Waals surface area contributed by atoms with Crippen LogP contribution in [0, 0.1) is 11.3 Å². The van der Waals surface area contributed by atoms with Crippen molar-refractivity contribution in [3.63, 3.8) is 0 Å². The molecule has 2 fully saturated rings. The third-order valence-electron chi connectivity index (χ3n) is 6.17. The molecular weight excluding hydrogens is 288 g/mol. The van der Waals surface area contributed by atoms with Crippen LogP contribution in [-0.4, -0.2) is 35.0 Å². The fourth-order valence-electron chi connectivity index (χ4n) is 5.24. The van der Waals surface area contributed by atoms with E-state index in [1.807, 2.05) is 6.07 Å². The summed E-state index contributed by atoms with van der Waals surface area (Å²) in [6.07, 6.45) is 7.52. The normalized spacial score (nSPS) is 26.2. The van der Waals surface area contributed by atoms with Crippen molar-refractivity contribution in [1.82, 2.24) is 9.88 Å². The zero-order valence-electron chi connectivity index (χ0n) is 14.4. The van der Waals surface area contributed by atoms with E-state index in [4.69, 9.17) is 4.74 Å². The van der Waals surface area contributed by atoms with Gasteiger partial charge in [0.15, 0.2) is 0 Å². The number of hydrogen-bond acceptors (Lipinski definition) is 2. The number of rotatable bonds is 2. The van der Waals surface area contributed by atoms with E-state index in [9.17, 15) is 4.79 Å². The number of aromatic amines is 1. The van der Waals surface area contributed by atoms with Crippen LogP contribution < -0.4 is 0 Å². The Morgan fingerprint density at radius 1 is 1.35 bits per heavy atom. The summed E-state index contributed by atoms with van der Waals surface area (Å²) in [6.45, 7) is 6.89. The first-order valence-corrected chi connectivity index (χ1v) is 9.20. The van der Waals surface area contributed by atoms with E-state index in [1.54, 1.807) is 0 Å². The summed E-state index contributed by atoms with van der Waals surface area (Å²) in [6, 6.07) is 2.42. The first-order valence-electron chi connectivity index (χ1n) is 9.20. The van der Waals surface area contributed by atoms with Crippen molar-refractivity contribution in [2.24, 2.45) is 11.3 Å². The van der Waals surface area contributed by atoms with Crippen LogP contribution in [0.25, 0.3) is 0 Å². The number of nitrogens with one attached hydrogen (secondary N) is 1. The van der Waals surface area contributed by atoms with Crippen molar-refractivity contribution in [3.05, 3.63) is 23.0 Å². The molecule has 1 aliphatic carbocycles. The predicted octanol–water partition coefficient (Wildman–Crippen LogP) is 3.52. The molecule has 1 saturated carbocycles. The van der Waals surface area contributed by atoms with Gasteiger partial charge in [-0.1, -0.05) is 33.1 Å². The lowest BCUT2D eigenvalue weighted by Gasteiger charge is -2.61. The van der Waals surface area contributed by atoms with E-state index in [0.29, 0.717) is 24.0 Å². The Kier molecular flexibility index (Phi) is 3.75. The molecule has 0 bridgehead atoms. The molecule has 0 radical (unpaired) electrons. The van der Waals surface area contributed by atoms with Crippen molar-refractivity contribution >= 4 is 5.91 Å². The lowest BCUT2D eigenvalue weighted by Crippen LogP contribution is -2.68. The van der Waals surface area contributed by atoms with Gasteiger partial charge in [-0.05, 0) is 30.4 Å². The van der Waals surface area contributed by atoms with Gasteiger partial charge < -0.3 is 14.6 Å². The van der Waals surface area contributed by atoms with Crippen LogP contribution in [0.1, 0.15) is 67.7 Å². The van der Waals surface area contributed by atoms with Crippen LogP contribution in [0.5, 0.6) is 0 Å². The van der Waals surface area contributed by atoms with E-state index >= 15 is 0 Å². The molecule has 4 rings (SSSR count). The van der Waals surface area contributed by atoms with Gasteiger partial charge in [0.05, 0.1) is 13.2 Å².